The molecule has 0 aliphatic carbocycles. The molecule has 0 bridgehead atoms. The summed E-state index contributed by atoms with van der Waals surface area (Å²) in [7, 11) is 0. The normalized spacial score (nSPS) is 13.0. The molecule has 3 rings (SSSR count). The Kier molecular flexibility index (Phi) is 24.0. The zero-order chi connectivity index (χ0) is 40.5. The lowest BCUT2D eigenvalue weighted by molar-refractivity contribution is 0.0475. The molecule has 0 aliphatic heterocycles. The number of hydrogen-bond acceptors (Lipinski definition) is 7. The number of allylic oxidation sites excluding steroid dienone is 4. The van der Waals surface area contributed by atoms with Gasteiger partial charge in [0.25, 0.3) is 5.91 Å². The molecule has 2 aromatic carbocycles. The SMILES string of the molecule is C#Cc1cccc(C(CCC)NC[C@H](CN)OCC(=O)c2cc(C(=O)N(CCC)CCC)cc(-c3ncco3)c2)c1.CC.CC/C(C)=C/C(F)=C\C(C)F. The van der Waals surface area contributed by atoms with E-state index in [1.165, 1.54) is 25.5 Å². The van der Waals surface area contributed by atoms with Gasteiger partial charge in [-0.3, -0.25) is 9.59 Å². The number of aromatic nitrogens is 1. The van der Waals surface area contributed by atoms with Gasteiger partial charge in [-0.2, -0.15) is 0 Å². The van der Waals surface area contributed by atoms with Gasteiger partial charge in [-0.25, -0.2) is 13.8 Å². The maximum Gasteiger partial charge on any atom is 0.253 e. The summed E-state index contributed by atoms with van der Waals surface area (Å²) >= 11 is 0. The first-order chi connectivity index (χ1) is 26.0. The van der Waals surface area contributed by atoms with Crippen LogP contribution in [0.25, 0.3) is 11.5 Å². The molecule has 0 saturated heterocycles. The van der Waals surface area contributed by atoms with Crippen molar-refractivity contribution in [2.75, 3.05) is 32.8 Å². The quantitative estimate of drug-likeness (QED) is 0.0673. The number of alkyl halides is 1. The number of ether oxygens (including phenoxy) is 1. The van der Waals surface area contributed by atoms with Gasteiger partial charge in [0, 0.05) is 54.5 Å². The molecule has 0 spiro atoms. The fraction of sp³-hybridized carbons (Fsp3) is 0.477. The highest BCUT2D eigenvalue weighted by molar-refractivity contribution is 6.02. The number of terminal acetylenes is 1. The molecule has 8 nitrogen and oxygen atoms in total. The van der Waals surface area contributed by atoms with Crippen molar-refractivity contribution in [2.45, 2.75) is 106 Å². The minimum absolute atomic E-state index is 0.0851. The topological polar surface area (TPSA) is 111 Å². The Hall–Kier alpha value is -4.43. The largest absolute Gasteiger partial charge is 0.445 e. The van der Waals surface area contributed by atoms with E-state index in [0.29, 0.717) is 42.2 Å². The Balaban J connectivity index is 0.000000961. The molecule has 0 saturated carbocycles. The standard InChI is InChI=1S/C33H42N4O4.C9H14F2.C2H6/c1-5-10-30(25-12-9-11-24(8-4)17-25)36-22-29(21-34)41-23-31(38)26-18-27(32-35-13-16-40-32)20-28(19-26)33(39)37(14-6-2)15-7-3;1-4-7(2)5-9(11)6-8(3)10;1-2/h4,9,11-13,16-20,29-30,36H,5-7,10,14-15,21-23,34H2,1-3H3;5-6,8H,4H2,1-3H3;1-2H3/b;7-5+,9-6+;/t29-,30?;;/m0../s1. The monoisotopic (exact) mass is 748 g/mol. The highest BCUT2D eigenvalue weighted by atomic mass is 19.1. The molecule has 3 aromatic rings. The molecule has 1 aromatic heterocycles. The van der Waals surface area contributed by atoms with E-state index in [0.717, 1.165) is 54.9 Å². The van der Waals surface area contributed by atoms with Gasteiger partial charge in [-0.15, -0.1) is 6.42 Å². The lowest BCUT2D eigenvalue weighted by atomic mass is 10.00. The van der Waals surface area contributed by atoms with Gasteiger partial charge in [-0.1, -0.05) is 71.6 Å². The third-order valence-corrected chi connectivity index (χ3v) is 8.12. The molecule has 2 unspecified atom stereocenters. The molecule has 0 radical (unpaired) electrons. The first-order valence-electron chi connectivity index (χ1n) is 19.2. The number of oxazole rings is 1. The third kappa shape index (κ3) is 17.1. The summed E-state index contributed by atoms with van der Waals surface area (Å²) in [4.78, 5) is 32.7. The number of benzene rings is 2. The lowest BCUT2D eigenvalue weighted by Crippen LogP contribution is -2.38. The van der Waals surface area contributed by atoms with Gasteiger partial charge >= 0.3 is 0 Å². The number of rotatable bonds is 20. The van der Waals surface area contributed by atoms with Crippen LogP contribution < -0.4 is 11.1 Å². The summed E-state index contributed by atoms with van der Waals surface area (Å²) < 4.78 is 36.2. The minimum Gasteiger partial charge on any atom is -0.445 e. The Morgan fingerprint density at radius 2 is 1.76 bits per heavy atom. The Morgan fingerprint density at radius 1 is 1.07 bits per heavy atom. The highest BCUT2D eigenvalue weighted by Crippen LogP contribution is 2.24. The number of nitrogens with one attached hydrogen (secondary N) is 1. The maximum absolute atomic E-state index is 13.4. The summed E-state index contributed by atoms with van der Waals surface area (Å²) in [5.41, 5.74) is 10.2. The van der Waals surface area contributed by atoms with Crippen LogP contribution in [-0.4, -0.2) is 66.6 Å². The van der Waals surface area contributed by atoms with Gasteiger partial charge in [0.15, 0.2) is 5.78 Å². The predicted octanol–water partition coefficient (Wildman–Crippen LogP) is 9.82. The summed E-state index contributed by atoms with van der Waals surface area (Å²) in [6.45, 7) is 17.1. The van der Waals surface area contributed by atoms with Gasteiger partial charge < -0.3 is 25.1 Å². The van der Waals surface area contributed by atoms with Crippen molar-refractivity contribution >= 4 is 11.7 Å². The molecule has 0 aliphatic rings. The van der Waals surface area contributed by atoms with Crippen molar-refractivity contribution in [1.29, 1.82) is 0 Å². The molecule has 296 valence electrons. The zero-order valence-corrected chi connectivity index (χ0v) is 33.6. The van der Waals surface area contributed by atoms with Crippen LogP contribution in [0.3, 0.4) is 0 Å². The number of nitrogens with two attached hydrogens (primary N) is 1. The summed E-state index contributed by atoms with van der Waals surface area (Å²) in [5.74, 6) is 2.16. The van der Waals surface area contributed by atoms with Crippen LogP contribution in [0.15, 0.2) is 82.9 Å². The lowest BCUT2D eigenvalue weighted by Gasteiger charge is -2.23. The minimum atomic E-state index is -1.21. The highest BCUT2D eigenvalue weighted by Gasteiger charge is 2.21. The van der Waals surface area contributed by atoms with Crippen molar-refractivity contribution in [2.24, 2.45) is 5.73 Å². The number of ketones is 1. The fourth-order valence-corrected chi connectivity index (χ4v) is 5.33. The van der Waals surface area contributed by atoms with Crippen LogP contribution >= 0.6 is 0 Å². The van der Waals surface area contributed by atoms with Gasteiger partial charge in [0.05, 0.1) is 12.3 Å². The van der Waals surface area contributed by atoms with E-state index in [-0.39, 0.29) is 37.0 Å². The zero-order valence-electron chi connectivity index (χ0n) is 33.6. The van der Waals surface area contributed by atoms with Crippen LogP contribution in [0, 0.1) is 12.3 Å². The maximum atomic E-state index is 13.4. The van der Waals surface area contributed by atoms with Crippen LogP contribution in [0.1, 0.15) is 125 Å². The van der Waals surface area contributed by atoms with E-state index in [9.17, 15) is 18.4 Å². The Bertz CT molecular complexity index is 1620. The Labute approximate surface area is 322 Å². The van der Waals surface area contributed by atoms with E-state index >= 15 is 0 Å². The molecule has 1 heterocycles. The molecule has 3 atom stereocenters. The van der Waals surface area contributed by atoms with Crippen LogP contribution in [0.4, 0.5) is 8.78 Å². The molecule has 1 amide bonds. The number of amides is 1. The van der Waals surface area contributed by atoms with Crippen molar-refractivity contribution in [3.63, 3.8) is 0 Å². The van der Waals surface area contributed by atoms with E-state index in [2.05, 4.69) is 29.2 Å². The number of carbonyl (C=O) groups is 2. The van der Waals surface area contributed by atoms with Gasteiger partial charge in [-0.05, 0) is 87.6 Å². The smallest absolute Gasteiger partial charge is 0.253 e. The number of halogens is 2. The number of nitrogens with zero attached hydrogens (tertiary/aromatic N) is 2. The second-order valence-electron chi connectivity index (χ2n) is 12.6. The van der Waals surface area contributed by atoms with Crippen molar-refractivity contribution < 1.29 is 27.5 Å². The second kappa shape index (κ2) is 27.2. The summed E-state index contributed by atoms with van der Waals surface area (Å²) in [5, 5.41) is 3.54. The predicted molar refractivity (Wildman–Crippen MR) is 217 cm³/mol. The van der Waals surface area contributed by atoms with E-state index in [1.807, 2.05) is 64.6 Å². The average molecular weight is 749 g/mol. The number of Topliss-reactive ketones (excluding diaryl/α,β-unsaturated/α-hetero) is 1. The van der Waals surface area contributed by atoms with E-state index < -0.39 is 12.0 Å². The molecule has 3 N–H and O–H groups in total. The molecule has 54 heavy (non-hydrogen) atoms. The Morgan fingerprint density at radius 3 is 2.31 bits per heavy atom. The van der Waals surface area contributed by atoms with Crippen LogP contribution in [-0.2, 0) is 4.74 Å². The molecule has 0 fully saturated rings. The summed E-state index contributed by atoms with van der Waals surface area (Å²) in [6.07, 6.45) is 13.7. The molecular weight excluding hydrogens is 687 g/mol. The van der Waals surface area contributed by atoms with Crippen molar-refractivity contribution in [3.8, 4) is 23.8 Å². The van der Waals surface area contributed by atoms with E-state index in [4.69, 9.17) is 21.3 Å². The molecule has 10 heteroatoms. The van der Waals surface area contributed by atoms with Gasteiger partial charge in [0.1, 0.15) is 24.9 Å². The van der Waals surface area contributed by atoms with Crippen molar-refractivity contribution in [3.05, 3.63) is 101 Å². The summed E-state index contributed by atoms with van der Waals surface area (Å²) in [6, 6.07) is 13.1. The first-order valence-corrected chi connectivity index (χ1v) is 19.2. The van der Waals surface area contributed by atoms with Crippen molar-refractivity contribution in [1.82, 2.24) is 15.2 Å². The van der Waals surface area contributed by atoms with Gasteiger partial charge in [0.2, 0.25) is 5.89 Å². The van der Waals surface area contributed by atoms with E-state index in [1.54, 1.807) is 18.2 Å². The second-order valence-corrected chi connectivity index (χ2v) is 12.6. The third-order valence-electron chi connectivity index (χ3n) is 8.12. The first kappa shape index (κ1) is 47.6. The van der Waals surface area contributed by atoms with Crippen LogP contribution in [0.5, 0.6) is 0 Å². The van der Waals surface area contributed by atoms with Crippen LogP contribution in [0.2, 0.25) is 0 Å². The molecular formula is C44H62F2N4O4. The fourth-order valence-electron chi connectivity index (χ4n) is 5.33. The number of hydrogen-bond donors (Lipinski definition) is 2. The average Bonchev–Trinajstić information content (AvgIpc) is 3.73. The number of carbonyl (C=O) groups excluding carboxylic acids is 2.